The van der Waals surface area contributed by atoms with Crippen LogP contribution in [0.4, 0.5) is 0 Å². The SMILES string of the molecule is C=COc1cncc(C2=C[C@H]3CCN[C@H]3C2)c1. The lowest BCUT2D eigenvalue weighted by atomic mass is 10.1. The lowest BCUT2D eigenvalue weighted by Gasteiger charge is -2.08. The first-order chi connectivity index (χ1) is 8.36. The monoisotopic (exact) mass is 228 g/mol. The van der Waals surface area contributed by atoms with Crippen molar-refractivity contribution in [2.45, 2.75) is 18.9 Å². The van der Waals surface area contributed by atoms with E-state index in [1.54, 1.807) is 6.20 Å². The summed E-state index contributed by atoms with van der Waals surface area (Å²) in [4.78, 5) is 4.21. The number of nitrogens with one attached hydrogen (secondary N) is 1. The molecule has 0 saturated carbocycles. The Morgan fingerprint density at radius 3 is 3.24 bits per heavy atom. The predicted octanol–water partition coefficient (Wildman–Crippen LogP) is 2.37. The molecule has 0 aromatic carbocycles. The molecule has 1 aromatic rings. The molecule has 1 aliphatic carbocycles. The van der Waals surface area contributed by atoms with Crippen molar-refractivity contribution in [3.8, 4) is 5.75 Å². The van der Waals surface area contributed by atoms with Gasteiger partial charge in [-0.15, -0.1) is 0 Å². The molecule has 1 fully saturated rings. The van der Waals surface area contributed by atoms with Gasteiger partial charge in [-0.05, 0) is 42.5 Å². The van der Waals surface area contributed by atoms with Gasteiger partial charge < -0.3 is 10.1 Å². The van der Waals surface area contributed by atoms with E-state index in [1.165, 1.54) is 23.8 Å². The van der Waals surface area contributed by atoms with Gasteiger partial charge in [0, 0.05) is 12.2 Å². The van der Waals surface area contributed by atoms with E-state index in [9.17, 15) is 0 Å². The van der Waals surface area contributed by atoms with Crippen LogP contribution in [0.2, 0.25) is 0 Å². The van der Waals surface area contributed by atoms with Crippen LogP contribution in [0.3, 0.4) is 0 Å². The largest absolute Gasteiger partial charge is 0.464 e. The Morgan fingerprint density at radius 2 is 2.41 bits per heavy atom. The molecule has 2 heterocycles. The highest BCUT2D eigenvalue weighted by molar-refractivity contribution is 5.69. The maximum Gasteiger partial charge on any atom is 0.145 e. The van der Waals surface area contributed by atoms with E-state index in [1.807, 2.05) is 12.3 Å². The van der Waals surface area contributed by atoms with Crippen molar-refractivity contribution in [3.63, 3.8) is 0 Å². The standard InChI is InChI=1S/C14H16N2O/c1-2-17-13-6-12(8-15-9-13)11-5-10-3-4-16-14(10)7-11/h2,5-6,8-10,14,16H,1,3-4,7H2/t10-,14+/m1/s1. The molecule has 3 heteroatoms. The van der Waals surface area contributed by atoms with Gasteiger partial charge in [-0.3, -0.25) is 4.98 Å². The number of aromatic nitrogens is 1. The first-order valence-corrected chi connectivity index (χ1v) is 6.04. The second-order valence-corrected chi connectivity index (χ2v) is 4.60. The Hall–Kier alpha value is -1.61. The van der Waals surface area contributed by atoms with Crippen molar-refractivity contribution in [2.75, 3.05) is 6.54 Å². The molecule has 0 amide bonds. The number of pyridine rings is 1. The Bertz CT molecular complexity index is 467. The molecular formula is C14H16N2O. The molecule has 2 atom stereocenters. The Labute approximate surface area is 101 Å². The average Bonchev–Trinajstić information content (AvgIpc) is 2.89. The number of fused-ring (bicyclic) bond motifs is 1. The number of ether oxygens (including phenoxy) is 1. The fourth-order valence-corrected chi connectivity index (χ4v) is 2.74. The van der Waals surface area contributed by atoms with Crippen LogP contribution in [0, 0.1) is 5.92 Å². The minimum atomic E-state index is 0.633. The Morgan fingerprint density at radius 1 is 1.47 bits per heavy atom. The van der Waals surface area contributed by atoms with E-state index >= 15 is 0 Å². The van der Waals surface area contributed by atoms with E-state index in [-0.39, 0.29) is 0 Å². The summed E-state index contributed by atoms with van der Waals surface area (Å²) >= 11 is 0. The second-order valence-electron chi connectivity index (χ2n) is 4.60. The fourth-order valence-electron chi connectivity index (χ4n) is 2.74. The summed E-state index contributed by atoms with van der Waals surface area (Å²) in [5, 5.41) is 3.54. The highest BCUT2D eigenvalue weighted by Gasteiger charge is 2.31. The number of hydrogen-bond acceptors (Lipinski definition) is 3. The maximum absolute atomic E-state index is 5.26. The lowest BCUT2D eigenvalue weighted by molar-refractivity contribution is 0.481. The molecule has 17 heavy (non-hydrogen) atoms. The van der Waals surface area contributed by atoms with Gasteiger partial charge in [0.25, 0.3) is 0 Å². The first kappa shape index (κ1) is 10.5. The molecule has 1 saturated heterocycles. The maximum atomic E-state index is 5.26. The highest BCUT2D eigenvalue weighted by Crippen LogP contribution is 2.36. The predicted molar refractivity (Wildman–Crippen MR) is 67.6 cm³/mol. The molecule has 0 bridgehead atoms. The van der Waals surface area contributed by atoms with Crippen LogP contribution in [-0.2, 0) is 0 Å². The summed E-state index contributed by atoms with van der Waals surface area (Å²) in [5.74, 6) is 1.46. The summed E-state index contributed by atoms with van der Waals surface area (Å²) in [6.45, 7) is 4.70. The van der Waals surface area contributed by atoms with Crippen LogP contribution < -0.4 is 10.1 Å². The third-order valence-electron chi connectivity index (χ3n) is 3.56. The zero-order chi connectivity index (χ0) is 11.7. The normalized spacial score (nSPS) is 26.5. The van der Waals surface area contributed by atoms with Gasteiger partial charge in [-0.25, -0.2) is 0 Å². The van der Waals surface area contributed by atoms with Crippen LogP contribution in [0.15, 0.2) is 37.4 Å². The van der Waals surface area contributed by atoms with Crippen molar-refractivity contribution in [1.82, 2.24) is 10.3 Å². The van der Waals surface area contributed by atoms with Gasteiger partial charge >= 0.3 is 0 Å². The molecule has 0 radical (unpaired) electrons. The van der Waals surface area contributed by atoms with Crippen molar-refractivity contribution in [3.05, 3.63) is 42.9 Å². The molecule has 0 spiro atoms. The van der Waals surface area contributed by atoms with Gasteiger partial charge in [0.1, 0.15) is 5.75 Å². The third-order valence-corrected chi connectivity index (χ3v) is 3.56. The molecular weight excluding hydrogens is 212 g/mol. The van der Waals surface area contributed by atoms with Gasteiger partial charge in [0.2, 0.25) is 0 Å². The van der Waals surface area contributed by atoms with E-state index < -0.39 is 0 Å². The summed E-state index contributed by atoms with van der Waals surface area (Å²) in [5.41, 5.74) is 2.55. The minimum Gasteiger partial charge on any atom is -0.464 e. The van der Waals surface area contributed by atoms with E-state index in [0.29, 0.717) is 12.0 Å². The van der Waals surface area contributed by atoms with E-state index in [0.717, 1.165) is 18.7 Å². The molecule has 3 nitrogen and oxygen atoms in total. The third kappa shape index (κ3) is 1.98. The zero-order valence-corrected chi connectivity index (χ0v) is 9.73. The van der Waals surface area contributed by atoms with Crippen LogP contribution in [0.5, 0.6) is 5.75 Å². The van der Waals surface area contributed by atoms with Gasteiger partial charge in [-0.2, -0.15) is 0 Å². The number of hydrogen-bond donors (Lipinski definition) is 1. The van der Waals surface area contributed by atoms with Crippen LogP contribution in [-0.4, -0.2) is 17.6 Å². The van der Waals surface area contributed by atoms with Gasteiger partial charge in [0.15, 0.2) is 0 Å². The van der Waals surface area contributed by atoms with Crippen LogP contribution in [0.25, 0.3) is 5.57 Å². The summed E-state index contributed by atoms with van der Waals surface area (Å²) < 4.78 is 5.26. The van der Waals surface area contributed by atoms with Crippen molar-refractivity contribution < 1.29 is 4.74 Å². The van der Waals surface area contributed by atoms with E-state index in [4.69, 9.17) is 4.74 Å². The Balaban J connectivity index is 1.84. The molecule has 1 N–H and O–H groups in total. The average molecular weight is 228 g/mol. The highest BCUT2D eigenvalue weighted by atomic mass is 16.5. The number of rotatable bonds is 3. The molecule has 0 unspecified atom stereocenters. The Kier molecular flexibility index (Phi) is 2.69. The minimum absolute atomic E-state index is 0.633. The second kappa shape index (κ2) is 4.34. The van der Waals surface area contributed by atoms with Crippen molar-refractivity contribution in [2.24, 2.45) is 5.92 Å². The summed E-state index contributed by atoms with van der Waals surface area (Å²) in [6.07, 6.45) is 9.79. The molecule has 1 aromatic heterocycles. The number of nitrogens with zero attached hydrogens (tertiary/aromatic N) is 1. The lowest BCUT2D eigenvalue weighted by Crippen LogP contribution is -2.22. The van der Waals surface area contributed by atoms with Crippen LogP contribution in [0.1, 0.15) is 18.4 Å². The van der Waals surface area contributed by atoms with Gasteiger partial charge in [-0.1, -0.05) is 12.7 Å². The fraction of sp³-hybridized carbons (Fsp3) is 0.357. The van der Waals surface area contributed by atoms with Gasteiger partial charge in [0.05, 0.1) is 12.5 Å². The van der Waals surface area contributed by atoms with Crippen molar-refractivity contribution >= 4 is 5.57 Å². The smallest absolute Gasteiger partial charge is 0.145 e. The molecule has 1 aliphatic heterocycles. The van der Waals surface area contributed by atoms with Crippen LogP contribution >= 0.6 is 0 Å². The molecule has 2 aliphatic rings. The quantitative estimate of drug-likeness (QED) is 0.806. The zero-order valence-electron chi connectivity index (χ0n) is 9.73. The summed E-state index contributed by atoms with van der Waals surface area (Å²) in [7, 11) is 0. The van der Waals surface area contributed by atoms with E-state index in [2.05, 4.69) is 23.0 Å². The summed E-state index contributed by atoms with van der Waals surface area (Å²) in [6, 6.07) is 2.66. The topological polar surface area (TPSA) is 34.1 Å². The van der Waals surface area contributed by atoms with Crippen molar-refractivity contribution in [1.29, 1.82) is 0 Å². The molecule has 3 rings (SSSR count). The first-order valence-electron chi connectivity index (χ1n) is 6.04. The molecule has 88 valence electrons.